The number of anilines is 1. The molecule has 64 heavy (non-hydrogen) atoms. The SMILES string of the molecule is Cc1sc2c(c1C)C(c1ccc(OCC3CC4(CCCN(c5ccc(C(=O)NC6CCC(Oc7ccc(C#N)c(Cl)c7)CC6)nn5)C4)C3)cn1)=N[C@@H](Cc1ncco1)c1nnc(C)n1-2. The van der Waals surface area contributed by atoms with Gasteiger partial charge >= 0.3 is 0 Å². The summed E-state index contributed by atoms with van der Waals surface area (Å²) in [6.45, 7) is 8.70. The zero-order valence-corrected chi connectivity index (χ0v) is 37.5. The number of nitrogens with one attached hydrogen (secondary N) is 1. The number of fused-ring (bicyclic) bond motifs is 3. The Kier molecular flexibility index (Phi) is 11.4. The Morgan fingerprint density at radius 2 is 1.88 bits per heavy atom. The highest BCUT2D eigenvalue weighted by atomic mass is 35.5. The first-order chi connectivity index (χ1) is 31.1. The lowest BCUT2D eigenvalue weighted by atomic mass is 9.58. The Hall–Kier alpha value is -6.18. The molecule has 4 aliphatic rings. The van der Waals surface area contributed by atoms with Gasteiger partial charge in [0.1, 0.15) is 40.7 Å². The summed E-state index contributed by atoms with van der Waals surface area (Å²) in [6.07, 6.45) is 13.1. The van der Waals surface area contributed by atoms with Crippen molar-refractivity contribution in [3.63, 3.8) is 0 Å². The second kappa shape index (κ2) is 17.4. The molecule has 0 unspecified atom stereocenters. The van der Waals surface area contributed by atoms with Crippen molar-refractivity contribution in [3.8, 4) is 22.6 Å². The van der Waals surface area contributed by atoms with Crippen molar-refractivity contribution in [2.24, 2.45) is 16.3 Å². The predicted molar refractivity (Wildman–Crippen MR) is 241 cm³/mol. The standard InChI is InChI=1S/C47H48ClN11O4S/c1-27-28(2)64-46-42(27)43(53-39(20-41-50-16-18-61-41)44-57-54-29(3)59(44)46)37-12-11-35(24-51-37)62-25-30-21-47(22-30)15-4-17-58(26-47)40-14-13-38(55-56-40)45(60)52-32-6-9-33(10-7-32)63-34-8-5-31(23-49)36(48)19-34/h5,8,11-14,16,18-19,24,30,32-33,39H,4,6-7,9-10,15,17,20-22,25-26H2,1-3H3,(H,52,60)/t30?,32?,33?,39-,47?/m0/s1. The van der Waals surface area contributed by atoms with Crippen molar-refractivity contribution in [3.05, 3.63) is 117 Å². The van der Waals surface area contributed by atoms with Crippen LogP contribution in [0.25, 0.3) is 5.00 Å². The Labute approximate surface area is 379 Å². The van der Waals surface area contributed by atoms with Crippen LogP contribution in [0.2, 0.25) is 5.02 Å². The second-order valence-corrected chi connectivity index (χ2v) is 19.2. The fourth-order valence-electron chi connectivity index (χ4n) is 9.91. The summed E-state index contributed by atoms with van der Waals surface area (Å²) in [5.74, 6) is 4.58. The predicted octanol–water partition coefficient (Wildman–Crippen LogP) is 8.28. The first-order valence-electron chi connectivity index (χ1n) is 22.0. The number of aryl methyl sites for hydroxylation is 2. The van der Waals surface area contributed by atoms with Gasteiger partial charge in [0.05, 0.1) is 53.5 Å². The average molecular weight is 898 g/mol. The van der Waals surface area contributed by atoms with Crippen LogP contribution in [0, 0.1) is 43.4 Å². The van der Waals surface area contributed by atoms with Gasteiger partial charge in [-0.05, 0) is 125 Å². The fraction of sp³-hybridized carbons (Fsp3) is 0.426. The smallest absolute Gasteiger partial charge is 0.272 e. The van der Waals surface area contributed by atoms with E-state index in [1.807, 2.05) is 31.3 Å². The maximum Gasteiger partial charge on any atom is 0.272 e. The highest BCUT2D eigenvalue weighted by Crippen LogP contribution is 2.52. The number of nitrogens with zero attached hydrogens (tertiary/aromatic N) is 10. The van der Waals surface area contributed by atoms with Crippen molar-refractivity contribution < 1.29 is 18.7 Å². The van der Waals surface area contributed by atoms with E-state index in [4.69, 9.17) is 40.7 Å². The number of amides is 1. The van der Waals surface area contributed by atoms with E-state index in [1.165, 1.54) is 11.3 Å². The third kappa shape index (κ3) is 8.34. The number of rotatable bonds is 11. The Balaban J connectivity index is 0.719. The van der Waals surface area contributed by atoms with Crippen LogP contribution in [0.3, 0.4) is 0 Å². The molecule has 15 nitrogen and oxygen atoms in total. The normalized spacial score (nSPS) is 22.7. The number of halogens is 1. The highest BCUT2D eigenvalue weighted by Gasteiger charge is 2.47. The van der Waals surface area contributed by atoms with Crippen LogP contribution in [0.1, 0.15) is 113 Å². The number of piperidine rings is 1. The quantitative estimate of drug-likeness (QED) is 0.132. The summed E-state index contributed by atoms with van der Waals surface area (Å²) in [6, 6.07) is 14.6. The number of nitriles is 1. The molecule has 1 aromatic carbocycles. The van der Waals surface area contributed by atoms with Gasteiger partial charge in [0.25, 0.3) is 5.91 Å². The second-order valence-electron chi connectivity index (χ2n) is 17.6. The molecule has 1 N–H and O–H groups in total. The van der Waals surface area contributed by atoms with Crippen LogP contribution in [0.4, 0.5) is 5.82 Å². The first kappa shape index (κ1) is 41.8. The fourth-order valence-corrected chi connectivity index (χ4v) is 11.3. The molecular formula is C47H48ClN11O4S. The van der Waals surface area contributed by atoms with E-state index in [-0.39, 0.29) is 29.5 Å². The van der Waals surface area contributed by atoms with Crippen molar-refractivity contribution in [1.29, 1.82) is 5.26 Å². The van der Waals surface area contributed by atoms with Gasteiger partial charge in [0.2, 0.25) is 0 Å². The minimum Gasteiger partial charge on any atom is -0.492 e. The molecule has 1 amide bonds. The van der Waals surface area contributed by atoms with Gasteiger partial charge in [-0.3, -0.25) is 19.3 Å². The summed E-state index contributed by atoms with van der Waals surface area (Å²) in [4.78, 5) is 31.3. The van der Waals surface area contributed by atoms with E-state index in [1.54, 1.807) is 48.1 Å². The molecular weight excluding hydrogens is 850 g/mol. The Morgan fingerprint density at radius 3 is 2.61 bits per heavy atom. The molecule has 0 radical (unpaired) electrons. The molecule has 0 bridgehead atoms. The number of aromatic nitrogens is 7. The molecule has 1 spiro atoms. The van der Waals surface area contributed by atoms with Gasteiger partial charge in [-0.15, -0.1) is 31.7 Å². The average Bonchev–Trinajstić information content (AvgIpc) is 4.01. The lowest BCUT2D eigenvalue weighted by Gasteiger charge is -2.53. The van der Waals surface area contributed by atoms with Crippen LogP contribution < -0.4 is 19.7 Å². The van der Waals surface area contributed by atoms with Gasteiger partial charge < -0.3 is 24.1 Å². The molecule has 2 saturated carbocycles. The van der Waals surface area contributed by atoms with E-state index in [2.05, 4.69) is 60.1 Å². The van der Waals surface area contributed by atoms with Gasteiger partial charge in [-0.2, -0.15) is 5.26 Å². The third-order valence-corrected chi connectivity index (χ3v) is 14.7. The maximum atomic E-state index is 13.2. The van der Waals surface area contributed by atoms with Crippen LogP contribution in [-0.2, 0) is 6.42 Å². The number of pyridine rings is 1. The van der Waals surface area contributed by atoms with E-state index < -0.39 is 0 Å². The third-order valence-electron chi connectivity index (χ3n) is 13.2. The highest BCUT2D eigenvalue weighted by molar-refractivity contribution is 7.15. The van der Waals surface area contributed by atoms with Gasteiger partial charge in [-0.1, -0.05) is 11.6 Å². The lowest BCUT2D eigenvalue weighted by Crippen LogP contribution is -2.51. The minimum absolute atomic E-state index is 0.0260. The minimum atomic E-state index is -0.362. The number of carbonyl (C=O) groups is 1. The summed E-state index contributed by atoms with van der Waals surface area (Å²) < 4.78 is 20.2. The number of oxazole rings is 1. The van der Waals surface area contributed by atoms with Crippen molar-refractivity contribution in [2.75, 3.05) is 24.6 Å². The number of carbonyl (C=O) groups excluding carboxylic acids is 1. The van der Waals surface area contributed by atoms with Crippen LogP contribution in [0.5, 0.6) is 11.5 Å². The summed E-state index contributed by atoms with van der Waals surface area (Å²) >= 11 is 7.89. The largest absolute Gasteiger partial charge is 0.492 e. The lowest BCUT2D eigenvalue weighted by molar-refractivity contribution is 0.0112. The van der Waals surface area contributed by atoms with E-state index >= 15 is 0 Å². The number of hydrogen-bond acceptors (Lipinski definition) is 14. The summed E-state index contributed by atoms with van der Waals surface area (Å²) in [7, 11) is 0. The molecule has 3 fully saturated rings. The van der Waals surface area contributed by atoms with E-state index in [0.717, 1.165) is 109 Å². The van der Waals surface area contributed by atoms with Crippen molar-refractivity contribution in [1.82, 2.24) is 40.2 Å². The van der Waals surface area contributed by atoms with Gasteiger partial charge in [0, 0.05) is 35.6 Å². The number of aliphatic imine (C=N–C) groups is 1. The summed E-state index contributed by atoms with van der Waals surface area (Å²) in [5.41, 5.74) is 4.74. The van der Waals surface area contributed by atoms with E-state index in [9.17, 15) is 4.79 Å². The Bertz CT molecular complexity index is 2730. The maximum absolute atomic E-state index is 13.2. The molecule has 6 aromatic rings. The number of ether oxygens (including phenoxy) is 2. The van der Waals surface area contributed by atoms with Crippen molar-refractivity contribution >= 4 is 40.4 Å². The van der Waals surface area contributed by atoms with E-state index in [0.29, 0.717) is 46.9 Å². The van der Waals surface area contributed by atoms with Crippen LogP contribution >= 0.6 is 22.9 Å². The topological polar surface area (TPSA) is 182 Å². The molecule has 7 heterocycles. The van der Waals surface area contributed by atoms with Gasteiger partial charge in [0.15, 0.2) is 23.2 Å². The zero-order chi connectivity index (χ0) is 44.0. The molecule has 1 atom stereocenters. The molecule has 2 aliphatic heterocycles. The van der Waals surface area contributed by atoms with Crippen LogP contribution in [0.15, 0.2) is 70.5 Å². The molecule has 5 aromatic heterocycles. The molecule has 10 rings (SSSR count). The van der Waals surface area contributed by atoms with Gasteiger partial charge in [-0.25, -0.2) is 4.98 Å². The van der Waals surface area contributed by atoms with Crippen LogP contribution in [-0.4, -0.2) is 78.4 Å². The monoisotopic (exact) mass is 897 g/mol. The Morgan fingerprint density at radius 1 is 1.03 bits per heavy atom. The molecule has 2 aliphatic carbocycles. The molecule has 1 saturated heterocycles. The van der Waals surface area contributed by atoms with Crippen molar-refractivity contribution in [2.45, 2.75) is 96.7 Å². The number of benzene rings is 1. The molecule has 328 valence electrons. The molecule has 17 heteroatoms. The zero-order valence-electron chi connectivity index (χ0n) is 36.0. The first-order valence-corrected chi connectivity index (χ1v) is 23.2. The summed E-state index contributed by atoms with van der Waals surface area (Å²) in [5, 5.41) is 31.6. The number of thiophene rings is 1. The number of hydrogen-bond donors (Lipinski definition) is 1.